The van der Waals surface area contributed by atoms with Gasteiger partial charge in [0.05, 0.1) is 17.9 Å². The average molecular weight is 392 g/mol. The van der Waals surface area contributed by atoms with Gasteiger partial charge in [0.2, 0.25) is 0 Å². The zero-order valence-corrected chi connectivity index (χ0v) is 16.3. The molecule has 2 heterocycles. The van der Waals surface area contributed by atoms with Crippen molar-refractivity contribution >= 4 is 11.8 Å². The molecular formula is C21H20N4O2S. The van der Waals surface area contributed by atoms with E-state index >= 15 is 0 Å². The maximum absolute atomic E-state index is 5.84. The van der Waals surface area contributed by atoms with Crippen LogP contribution in [0.15, 0.2) is 76.6 Å². The molecule has 6 nitrogen and oxygen atoms in total. The summed E-state index contributed by atoms with van der Waals surface area (Å²) >= 11 is 1.47. The number of hydrogen-bond donors (Lipinski definition) is 0. The number of ether oxygens (including phenoxy) is 1. The zero-order chi connectivity index (χ0) is 19.2. The Morgan fingerprint density at radius 3 is 2.71 bits per heavy atom. The first kappa shape index (κ1) is 18.3. The Labute approximate surface area is 167 Å². The van der Waals surface area contributed by atoms with Gasteiger partial charge in [-0.2, -0.15) is 0 Å². The van der Waals surface area contributed by atoms with Gasteiger partial charge in [-0.15, -0.1) is 10.2 Å². The van der Waals surface area contributed by atoms with Crippen molar-refractivity contribution < 1.29 is 9.15 Å². The molecule has 142 valence electrons. The van der Waals surface area contributed by atoms with E-state index in [1.54, 1.807) is 0 Å². The van der Waals surface area contributed by atoms with Crippen LogP contribution < -0.4 is 4.74 Å². The number of para-hydroxylation sites is 1. The molecule has 4 aromatic rings. The Morgan fingerprint density at radius 2 is 1.86 bits per heavy atom. The molecule has 0 unspecified atom stereocenters. The molecule has 7 heteroatoms. The lowest BCUT2D eigenvalue weighted by Gasteiger charge is -2.07. The van der Waals surface area contributed by atoms with E-state index in [9.17, 15) is 0 Å². The van der Waals surface area contributed by atoms with Crippen molar-refractivity contribution in [3.63, 3.8) is 0 Å². The van der Waals surface area contributed by atoms with Crippen molar-refractivity contribution in [2.75, 3.05) is 6.61 Å². The molecule has 2 aromatic heterocycles. The van der Waals surface area contributed by atoms with Crippen LogP contribution in [0.3, 0.4) is 0 Å². The quantitative estimate of drug-likeness (QED) is 0.406. The predicted molar refractivity (Wildman–Crippen MR) is 108 cm³/mol. The minimum atomic E-state index is 0.458. The summed E-state index contributed by atoms with van der Waals surface area (Å²) in [5, 5.41) is 8.85. The van der Waals surface area contributed by atoms with Crippen LogP contribution in [-0.4, -0.2) is 26.4 Å². The van der Waals surface area contributed by atoms with E-state index in [1.807, 2.05) is 61.8 Å². The summed E-state index contributed by atoms with van der Waals surface area (Å²) in [6, 6.07) is 18.0. The number of thioether (sulfide) groups is 1. The van der Waals surface area contributed by atoms with E-state index in [0.717, 1.165) is 23.7 Å². The van der Waals surface area contributed by atoms with Crippen molar-refractivity contribution in [2.24, 2.45) is 0 Å². The fraction of sp³-hybridized carbons (Fsp3) is 0.190. The molecule has 0 saturated carbocycles. The highest BCUT2D eigenvalue weighted by Crippen LogP contribution is 2.31. The molecule has 4 rings (SSSR count). The number of imidazole rings is 1. The summed E-state index contributed by atoms with van der Waals surface area (Å²) in [5.74, 6) is 2.81. The maximum atomic E-state index is 5.84. The summed E-state index contributed by atoms with van der Waals surface area (Å²) in [4.78, 5) is 4.46. The maximum Gasteiger partial charge on any atom is 0.277 e. The Bertz CT molecular complexity index is 1030. The van der Waals surface area contributed by atoms with Gasteiger partial charge in [0.15, 0.2) is 0 Å². The first-order valence-corrected chi connectivity index (χ1v) is 10.0. The lowest BCUT2D eigenvalue weighted by Crippen LogP contribution is -2.03. The van der Waals surface area contributed by atoms with Gasteiger partial charge in [-0.05, 0) is 24.6 Å². The Hall–Kier alpha value is -3.06. The van der Waals surface area contributed by atoms with Gasteiger partial charge in [-0.3, -0.25) is 0 Å². The molecule has 0 bridgehead atoms. The van der Waals surface area contributed by atoms with Crippen molar-refractivity contribution in [1.82, 2.24) is 19.7 Å². The molecular weight excluding hydrogens is 372 g/mol. The fourth-order valence-electron chi connectivity index (χ4n) is 2.83. The van der Waals surface area contributed by atoms with Gasteiger partial charge in [-0.25, -0.2) is 4.98 Å². The van der Waals surface area contributed by atoms with E-state index in [4.69, 9.17) is 9.15 Å². The van der Waals surface area contributed by atoms with Crippen LogP contribution in [0, 0.1) is 0 Å². The number of hydrogen-bond acceptors (Lipinski definition) is 6. The summed E-state index contributed by atoms with van der Waals surface area (Å²) < 4.78 is 13.6. The lowest BCUT2D eigenvalue weighted by atomic mass is 10.2. The van der Waals surface area contributed by atoms with Gasteiger partial charge >= 0.3 is 0 Å². The van der Waals surface area contributed by atoms with Crippen LogP contribution in [0.25, 0.3) is 11.5 Å². The Kier molecular flexibility index (Phi) is 5.72. The molecule has 0 N–H and O–H groups in total. The first-order valence-electron chi connectivity index (χ1n) is 9.06. The Morgan fingerprint density at radius 1 is 1.04 bits per heavy atom. The molecule has 0 spiro atoms. The van der Waals surface area contributed by atoms with Gasteiger partial charge in [-0.1, -0.05) is 54.2 Å². The topological polar surface area (TPSA) is 66.0 Å². The second-order valence-electron chi connectivity index (χ2n) is 6.05. The van der Waals surface area contributed by atoms with E-state index in [1.165, 1.54) is 17.3 Å². The van der Waals surface area contributed by atoms with Gasteiger partial charge in [0.1, 0.15) is 11.6 Å². The van der Waals surface area contributed by atoms with Gasteiger partial charge in [0, 0.05) is 18.9 Å². The third-order valence-corrected chi connectivity index (χ3v) is 4.96. The van der Waals surface area contributed by atoms with E-state index in [0.29, 0.717) is 23.5 Å². The summed E-state index contributed by atoms with van der Waals surface area (Å²) in [7, 11) is 0. The lowest BCUT2D eigenvalue weighted by molar-refractivity contribution is 0.340. The molecule has 0 radical (unpaired) electrons. The summed E-state index contributed by atoms with van der Waals surface area (Å²) in [6.07, 6.45) is 3.80. The van der Waals surface area contributed by atoms with Crippen molar-refractivity contribution in [1.29, 1.82) is 0 Å². The smallest absolute Gasteiger partial charge is 0.277 e. The van der Waals surface area contributed by atoms with Crippen molar-refractivity contribution in [2.45, 2.75) is 24.4 Å². The van der Waals surface area contributed by atoms with E-state index in [-0.39, 0.29) is 0 Å². The van der Waals surface area contributed by atoms with Gasteiger partial charge in [0.25, 0.3) is 11.1 Å². The molecule has 0 aliphatic rings. The van der Waals surface area contributed by atoms with Crippen LogP contribution in [0.4, 0.5) is 0 Å². The molecule has 0 fully saturated rings. The van der Waals surface area contributed by atoms with Crippen LogP contribution in [0.2, 0.25) is 0 Å². The SMILES string of the molecule is CCOc1ccccc1-c1nnc(SCc2nccn2Cc2ccccc2)o1. The molecule has 0 amide bonds. The average Bonchev–Trinajstić information content (AvgIpc) is 3.37. The Balaban J connectivity index is 1.44. The van der Waals surface area contributed by atoms with Crippen LogP contribution >= 0.6 is 11.8 Å². The van der Waals surface area contributed by atoms with E-state index < -0.39 is 0 Å². The number of benzene rings is 2. The van der Waals surface area contributed by atoms with Crippen LogP contribution in [-0.2, 0) is 12.3 Å². The summed E-state index contributed by atoms with van der Waals surface area (Å²) in [5.41, 5.74) is 2.04. The van der Waals surface area contributed by atoms with Crippen molar-refractivity contribution in [3.05, 3.63) is 78.4 Å². The molecule has 28 heavy (non-hydrogen) atoms. The van der Waals surface area contributed by atoms with Crippen LogP contribution in [0.5, 0.6) is 5.75 Å². The second kappa shape index (κ2) is 8.75. The number of nitrogens with zero attached hydrogens (tertiary/aromatic N) is 4. The molecule has 0 atom stereocenters. The third-order valence-electron chi connectivity index (χ3n) is 4.15. The largest absolute Gasteiger partial charge is 0.493 e. The normalized spacial score (nSPS) is 10.9. The second-order valence-corrected chi connectivity index (χ2v) is 6.97. The summed E-state index contributed by atoms with van der Waals surface area (Å²) in [6.45, 7) is 3.31. The van der Waals surface area contributed by atoms with Gasteiger partial charge < -0.3 is 13.7 Å². The zero-order valence-electron chi connectivity index (χ0n) is 15.5. The monoisotopic (exact) mass is 392 g/mol. The highest BCUT2D eigenvalue weighted by atomic mass is 32.2. The molecule has 0 saturated heterocycles. The highest BCUT2D eigenvalue weighted by Gasteiger charge is 2.14. The fourth-order valence-corrected chi connectivity index (χ4v) is 3.56. The molecule has 0 aliphatic carbocycles. The van der Waals surface area contributed by atoms with E-state index in [2.05, 4.69) is 31.9 Å². The van der Waals surface area contributed by atoms with Crippen molar-refractivity contribution in [3.8, 4) is 17.2 Å². The highest BCUT2D eigenvalue weighted by molar-refractivity contribution is 7.98. The minimum absolute atomic E-state index is 0.458. The minimum Gasteiger partial charge on any atom is -0.493 e. The predicted octanol–water partition coefficient (Wildman–Crippen LogP) is 4.67. The molecule has 0 aliphatic heterocycles. The number of rotatable bonds is 8. The number of aromatic nitrogens is 4. The third kappa shape index (κ3) is 4.26. The molecule has 2 aromatic carbocycles. The standard InChI is InChI=1S/C21H20N4O2S/c1-2-26-18-11-7-6-10-17(18)20-23-24-21(27-20)28-15-19-22-12-13-25(19)14-16-8-4-3-5-9-16/h3-13H,2,14-15H2,1H3. The van der Waals surface area contributed by atoms with Crippen LogP contribution in [0.1, 0.15) is 18.3 Å². The first-order chi connectivity index (χ1) is 13.8.